The summed E-state index contributed by atoms with van der Waals surface area (Å²) in [6.45, 7) is 1.90. The second kappa shape index (κ2) is 4.59. The number of hydrogen-bond donors (Lipinski definition) is 2. The number of nitrogens with two attached hydrogens (primary N) is 1. The van der Waals surface area contributed by atoms with Crippen LogP contribution in [0.1, 0.15) is 5.56 Å². The second-order valence-electron chi connectivity index (χ2n) is 3.29. The minimum Gasteiger partial charge on any atom is -0.389 e. The van der Waals surface area contributed by atoms with Crippen LogP contribution < -0.4 is 10.6 Å². The smallest absolute Gasteiger partial charge is 0.128 e. The van der Waals surface area contributed by atoms with Gasteiger partial charge in [0.05, 0.1) is 6.10 Å². The van der Waals surface area contributed by atoms with Gasteiger partial charge in [-0.05, 0) is 11.6 Å². The molecule has 3 N–H and O–H groups in total. The molecule has 0 amide bonds. The van der Waals surface area contributed by atoms with Gasteiger partial charge in [-0.3, -0.25) is 0 Å². The molecular formula is C9H14ClN3O. The zero-order valence-corrected chi connectivity index (χ0v) is 8.57. The van der Waals surface area contributed by atoms with E-state index in [1.807, 2.05) is 17.0 Å². The Balaban J connectivity index is 0.000000980. The van der Waals surface area contributed by atoms with Crippen molar-refractivity contribution in [3.8, 4) is 0 Å². The Morgan fingerprint density at radius 3 is 2.64 bits per heavy atom. The van der Waals surface area contributed by atoms with Crippen LogP contribution in [0.3, 0.4) is 0 Å². The Morgan fingerprint density at radius 1 is 1.50 bits per heavy atom. The second-order valence-corrected chi connectivity index (χ2v) is 3.29. The molecule has 1 aromatic rings. The van der Waals surface area contributed by atoms with E-state index >= 15 is 0 Å². The van der Waals surface area contributed by atoms with Crippen molar-refractivity contribution < 1.29 is 5.11 Å². The van der Waals surface area contributed by atoms with Crippen molar-refractivity contribution in [1.29, 1.82) is 0 Å². The molecule has 0 aliphatic carbocycles. The Bertz CT molecular complexity index is 285. The molecule has 0 aromatic carbocycles. The van der Waals surface area contributed by atoms with E-state index in [0.29, 0.717) is 19.6 Å². The molecule has 0 unspecified atom stereocenters. The lowest BCUT2D eigenvalue weighted by Crippen LogP contribution is -2.51. The van der Waals surface area contributed by atoms with E-state index in [9.17, 15) is 0 Å². The number of rotatable bonds is 2. The van der Waals surface area contributed by atoms with E-state index in [1.54, 1.807) is 6.20 Å². The highest BCUT2D eigenvalue weighted by Gasteiger charge is 2.24. The lowest BCUT2D eigenvalue weighted by Gasteiger charge is -2.36. The van der Waals surface area contributed by atoms with Crippen molar-refractivity contribution in [3.63, 3.8) is 0 Å². The van der Waals surface area contributed by atoms with E-state index in [2.05, 4.69) is 4.98 Å². The summed E-state index contributed by atoms with van der Waals surface area (Å²) in [6, 6.07) is 3.90. The Kier molecular flexibility index (Phi) is 3.69. The Morgan fingerprint density at radius 2 is 2.21 bits per heavy atom. The summed E-state index contributed by atoms with van der Waals surface area (Å²) in [5, 5.41) is 9.09. The molecule has 14 heavy (non-hydrogen) atoms. The fourth-order valence-electron chi connectivity index (χ4n) is 1.37. The average Bonchev–Trinajstić information content (AvgIpc) is 2.13. The molecule has 1 aliphatic rings. The normalized spacial score (nSPS) is 16.0. The van der Waals surface area contributed by atoms with Crippen LogP contribution in [0.15, 0.2) is 18.3 Å². The van der Waals surface area contributed by atoms with Crippen LogP contribution in [0, 0.1) is 0 Å². The van der Waals surface area contributed by atoms with Gasteiger partial charge in [-0.1, -0.05) is 6.07 Å². The number of β-amino-alcohol motifs (C(OH)–C–C–N with tert-alkyl or cyclic N) is 1. The zero-order chi connectivity index (χ0) is 9.26. The highest BCUT2D eigenvalue weighted by atomic mass is 35.5. The largest absolute Gasteiger partial charge is 0.389 e. The number of nitrogens with zero attached hydrogens (tertiary/aromatic N) is 2. The van der Waals surface area contributed by atoms with Gasteiger partial charge in [0.2, 0.25) is 0 Å². The SMILES string of the molecule is Cl.NCc1ccc(N2CC(O)C2)nc1. The minimum atomic E-state index is -0.184. The van der Waals surface area contributed by atoms with Crippen LogP contribution in [0.2, 0.25) is 0 Å². The summed E-state index contributed by atoms with van der Waals surface area (Å²) >= 11 is 0. The van der Waals surface area contributed by atoms with Crippen molar-refractivity contribution in [2.24, 2.45) is 5.73 Å². The third-order valence-corrected chi connectivity index (χ3v) is 2.23. The number of aromatic nitrogens is 1. The molecule has 4 nitrogen and oxygen atoms in total. The first kappa shape index (κ1) is 11.2. The van der Waals surface area contributed by atoms with Gasteiger partial charge >= 0.3 is 0 Å². The van der Waals surface area contributed by atoms with E-state index in [0.717, 1.165) is 11.4 Å². The highest BCUT2D eigenvalue weighted by molar-refractivity contribution is 5.85. The monoisotopic (exact) mass is 215 g/mol. The van der Waals surface area contributed by atoms with E-state index in [4.69, 9.17) is 10.8 Å². The third-order valence-electron chi connectivity index (χ3n) is 2.23. The number of pyridine rings is 1. The van der Waals surface area contributed by atoms with Crippen molar-refractivity contribution in [2.75, 3.05) is 18.0 Å². The van der Waals surface area contributed by atoms with Gasteiger partial charge in [-0.15, -0.1) is 12.4 Å². The Labute approximate surface area is 89.2 Å². The van der Waals surface area contributed by atoms with Crippen molar-refractivity contribution in [1.82, 2.24) is 4.98 Å². The summed E-state index contributed by atoms with van der Waals surface area (Å²) in [7, 11) is 0. The fraction of sp³-hybridized carbons (Fsp3) is 0.444. The molecule has 0 spiro atoms. The van der Waals surface area contributed by atoms with Crippen LogP contribution in [-0.2, 0) is 6.54 Å². The number of hydrogen-bond acceptors (Lipinski definition) is 4. The van der Waals surface area contributed by atoms with Crippen LogP contribution >= 0.6 is 12.4 Å². The van der Waals surface area contributed by atoms with Gasteiger partial charge in [0.25, 0.3) is 0 Å². The summed E-state index contributed by atoms with van der Waals surface area (Å²) in [5.74, 6) is 0.919. The maximum atomic E-state index is 9.09. The lowest BCUT2D eigenvalue weighted by atomic mass is 10.1. The van der Waals surface area contributed by atoms with Crippen LogP contribution in [0.4, 0.5) is 5.82 Å². The topological polar surface area (TPSA) is 62.4 Å². The molecule has 0 atom stereocenters. The highest BCUT2D eigenvalue weighted by Crippen LogP contribution is 2.17. The van der Waals surface area contributed by atoms with Gasteiger partial charge < -0.3 is 15.7 Å². The molecule has 78 valence electrons. The maximum absolute atomic E-state index is 9.09. The molecule has 1 fully saturated rings. The lowest BCUT2D eigenvalue weighted by molar-refractivity contribution is 0.141. The standard InChI is InChI=1S/C9H13N3O.ClH/c10-3-7-1-2-9(11-4-7)12-5-8(13)6-12;/h1-2,4,8,13H,3,5-6,10H2;1H. The average molecular weight is 216 g/mol. The van der Waals surface area contributed by atoms with E-state index in [1.165, 1.54) is 0 Å². The zero-order valence-electron chi connectivity index (χ0n) is 7.76. The van der Waals surface area contributed by atoms with Gasteiger partial charge in [0.15, 0.2) is 0 Å². The number of aliphatic hydroxyl groups is 1. The summed E-state index contributed by atoms with van der Waals surface area (Å²) in [5.41, 5.74) is 6.48. The van der Waals surface area contributed by atoms with E-state index < -0.39 is 0 Å². The van der Waals surface area contributed by atoms with Crippen LogP contribution in [-0.4, -0.2) is 29.3 Å². The minimum absolute atomic E-state index is 0. The molecule has 1 aliphatic heterocycles. The predicted molar refractivity (Wildman–Crippen MR) is 57.6 cm³/mol. The summed E-state index contributed by atoms with van der Waals surface area (Å²) in [4.78, 5) is 6.27. The first-order valence-electron chi connectivity index (χ1n) is 4.37. The molecule has 5 heteroatoms. The third kappa shape index (κ3) is 2.15. The first-order chi connectivity index (χ1) is 6.29. The first-order valence-corrected chi connectivity index (χ1v) is 4.37. The van der Waals surface area contributed by atoms with Crippen LogP contribution in [0.25, 0.3) is 0 Å². The Hall–Kier alpha value is -0.840. The molecule has 1 aromatic heterocycles. The molecule has 1 saturated heterocycles. The van der Waals surface area contributed by atoms with Crippen molar-refractivity contribution in [2.45, 2.75) is 12.6 Å². The molecule has 0 saturated carbocycles. The fourth-order valence-corrected chi connectivity index (χ4v) is 1.37. The number of halogens is 1. The van der Waals surface area contributed by atoms with Gasteiger partial charge in [0, 0.05) is 25.8 Å². The van der Waals surface area contributed by atoms with Gasteiger partial charge in [0.1, 0.15) is 5.82 Å². The van der Waals surface area contributed by atoms with Crippen LogP contribution in [0.5, 0.6) is 0 Å². The maximum Gasteiger partial charge on any atom is 0.128 e. The van der Waals surface area contributed by atoms with Gasteiger partial charge in [-0.25, -0.2) is 4.98 Å². The van der Waals surface area contributed by atoms with Gasteiger partial charge in [-0.2, -0.15) is 0 Å². The number of anilines is 1. The van der Waals surface area contributed by atoms with Crippen molar-refractivity contribution in [3.05, 3.63) is 23.9 Å². The summed E-state index contributed by atoms with van der Waals surface area (Å²) in [6.07, 6.45) is 1.59. The van der Waals surface area contributed by atoms with E-state index in [-0.39, 0.29) is 18.5 Å². The molecule has 0 bridgehead atoms. The molecular weight excluding hydrogens is 202 g/mol. The molecule has 0 radical (unpaired) electrons. The quantitative estimate of drug-likeness (QED) is 0.737. The summed E-state index contributed by atoms with van der Waals surface area (Å²) < 4.78 is 0. The predicted octanol–water partition coefficient (Wildman–Crippen LogP) is 0.143. The molecule has 2 heterocycles. The van der Waals surface area contributed by atoms with Crippen molar-refractivity contribution >= 4 is 18.2 Å². The molecule has 2 rings (SSSR count). The number of aliphatic hydroxyl groups excluding tert-OH is 1.